The molecule has 0 spiro atoms. The highest BCUT2D eigenvalue weighted by molar-refractivity contribution is 5.95. The molecular weight excluding hydrogens is 280 g/mol. The molecule has 1 heterocycles. The van der Waals surface area contributed by atoms with Gasteiger partial charge in [0.1, 0.15) is 18.1 Å². The third kappa shape index (κ3) is 2.37. The Morgan fingerprint density at radius 2 is 1.95 bits per heavy atom. The van der Waals surface area contributed by atoms with E-state index in [1.807, 2.05) is 19.9 Å². The van der Waals surface area contributed by atoms with Crippen LogP contribution in [-0.4, -0.2) is 23.4 Å². The highest BCUT2D eigenvalue weighted by Gasteiger charge is 2.22. The van der Waals surface area contributed by atoms with Crippen molar-refractivity contribution in [1.29, 1.82) is 0 Å². The maximum atomic E-state index is 10.1. The second-order valence-corrected chi connectivity index (χ2v) is 5.16. The Balaban J connectivity index is 2.17. The first kappa shape index (κ1) is 14.3. The predicted octanol–water partition coefficient (Wildman–Crippen LogP) is 3.82. The Morgan fingerprint density at radius 1 is 1.14 bits per heavy atom. The summed E-state index contributed by atoms with van der Waals surface area (Å²) in [4.78, 5) is 0. The topological polar surface area (TPSA) is 58.9 Å². The fourth-order valence-electron chi connectivity index (χ4n) is 2.70. The number of phenols is 2. The van der Waals surface area contributed by atoms with E-state index < -0.39 is 0 Å². The molecule has 1 aliphatic rings. The van der Waals surface area contributed by atoms with Crippen LogP contribution >= 0.6 is 0 Å². The van der Waals surface area contributed by atoms with Gasteiger partial charge in [0.2, 0.25) is 0 Å². The molecule has 0 aromatic heterocycles. The maximum absolute atomic E-state index is 10.1. The van der Waals surface area contributed by atoms with Crippen LogP contribution in [0, 0.1) is 0 Å². The Morgan fingerprint density at radius 3 is 2.73 bits per heavy atom. The summed E-state index contributed by atoms with van der Waals surface area (Å²) in [6.07, 6.45) is 0. The highest BCUT2D eigenvalue weighted by atomic mass is 16.5. The van der Waals surface area contributed by atoms with Gasteiger partial charge in [0.25, 0.3) is 0 Å². The van der Waals surface area contributed by atoms with Crippen molar-refractivity contribution in [2.24, 2.45) is 0 Å². The molecule has 0 fully saturated rings. The van der Waals surface area contributed by atoms with E-state index >= 15 is 0 Å². The van der Waals surface area contributed by atoms with Gasteiger partial charge < -0.3 is 19.7 Å². The Hall–Kier alpha value is -2.62. The molecule has 4 heteroatoms. The molecule has 0 unspecified atom stereocenters. The van der Waals surface area contributed by atoms with E-state index in [1.165, 1.54) is 0 Å². The molecule has 1 aliphatic heterocycles. The van der Waals surface area contributed by atoms with Crippen molar-refractivity contribution in [3.05, 3.63) is 47.5 Å². The number of ether oxygens (including phenoxy) is 2. The van der Waals surface area contributed by atoms with Crippen molar-refractivity contribution in [2.45, 2.75) is 13.8 Å². The first-order valence-electron chi connectivity index (χ1n) is 7.23. The van der Waals surface area contributed by atoms with Crippen LogP contribution in [0.4, 0.5) is 0 Å². The molecule has 0 saturated heterocycles. The number of aromatic hydroxyl groups is 2. The molecule has 2 N–H and O–H groups in total. The van der Waals surface area contributed by atoms with Gasteiger partial charge in [0, 0.05) is 16.7 Å². The molecule has 0 amide bonds. The summed E-state index contributed by atoms with van der Waals surface area (Å²) >= 11 is 0. The molecule has 0 aliphatic carbocycles. The van der Waals surface area contributed by atoms with Crippen LogP contribution in [0.1, 0.15) is 25.0 Å². The molecule has 2 aromatic carbocycles. The lowest BCUT2D eigenvalue weighted by atomic mass is 9.93. The molecule has 2 aromatic rings. The van der Waals surface area contributed by atoms with Crippen molar-refractivity contribution in [3.8, 4) is 23.0 Å². The molecule has 4 nitrogen and oxygen atoms in total. The van der Waals surface area contributed by atoms with Crippen molar-refractivity contribution in [1.82, 2.24) is 0 Å². The molecule has 3 rings (SSSR count). The fourth-order valence-corrected chi connectivity index (χ4v) is 2.70. The van der Waals surface area contributed by atoms with E-state index in [-0.39, 0.29) is 11.5 Å². The second-order valence-electron chi connectivity index (χ2n) is 5.16. The fraction of sp³-hybridized carbons (Fsp3) is 0.222. The minimum Gasteiger partial charge on any atom is -0.508 e. The van der Waals surface area contributed by atoms with Gasteiger partial charge in [0.05, 0.1) is 6.61 Å². The Kier molecular flexibility index (Phi) is 3.67. The van der Waals surface area contributed by atoms with Crippen LogP contribution in [0.5, 0.6) is 23.0 Å². The lowest BCUT2D eigenvalue weighted by Gasteiger charge is -2.24. The van der Waals surface area contributed by atoms with Crippen LogP contribution in [0.2, 0.25) is 0 Å². The predicted molar refractivity (Wildman–Crippen MR) is 85.4 cm³/mol. The zero-order valence-electron chi connectivity index (χ0n) is 12.6. The first-order chi connectivity index (χ1) is 10.6. The number of phenolic OH excluding ortho intramolecular Hbond substituents is 2. The van der Waals surface area contributed by atoms with Gasteiger partial charge in [-0.3, -0.25) is 0 Å². The van der Waals surface area contributed by atoms with Gasteiger partial charge in [-0.2, -0.15) is 0 Å². The first-order valence-corrected chi connectivity index (χ1v) is 7.23. The quantitative estimate of drug-likeness (QED) is 0.904. The zero-order valence-corrected chi connectivity index (χ0v) is 12.6. The van der Waals surface area contributed by atoms with Crippen LogP contribution < -0.4 is 9.47 Å². The number of benzene rings is 2. The maximum Gasteiger partial charge on any atom is 0.168 e. The average Bonchev–Trinajstić information content (AvgIpc) is 2.51. The van der Waals surface area contributed by atoms with Gasteiger partial charge in [-0.1, -0.05) is 12.1 Å². The summed E-state index contributed by atoms with van der Waals surface area (Å²) in [5, 5.41) is 19.8. The molecular formula is C18H18O4. The summed E-state index contributed by atoms with van der Waals surface area (Å²) < 4.78 is 11.4. The van der Waals surface area contributed by atoms with Crippen molar-refractivity contribution in [3.63, 3.8) is 0 Å². The molecule has 0 bridgehead atoms. The molecule has 22 heavy (non-hydrogen) atoms. The normalized spacial score (nSPS) is 13.5. The van der Waals surface area contributed by atoms with Crippen molar-refractivity contribution in [2.75, 3.05) is 13.2 Å². The van der Waals surface area contributed by atoms with Crippen LogP contribution in [0.25, 0.3) is 11.1 Å². The third-order valence-corrected chi connectivity index (χ3v) is 3.80. The summed E-state index contributed by atoms with van der Waals surface area (Å²) in [7, 11) is 0. The van der Waals surface area contributed by atoms with Crippen LogP contribution in [0.3, 0.4) is 0 Å². The Bertz CT molecular complexity index is 747. The van der Waals surface area contributed by atoms with Gasteiger partial charge in [-0.05, 0) is 43.7 Å². The molecule has 0 radical (unpaired) electrons. The number of allylic oxidation sites excluding steroid dienone is 1. The minimum atomic E-state index is 0.112. The average molecular weight is 298 g/mol. The van der Waals surface area contributed by atoms with E-state index in [0.717, 1.165) is 28.0 Å². The number of fused-ring (bicyclic) bond motifs is 1. The SMILES string of the molecule is CCOc1c(O)cccc1C1=C(C)c2cc(O)ccc2OC1. The second kappa shape index (κ2) is 5.64. The summed E-state index contributed by atoms with van der Waals surface area (Å²) in [5.74, 6) is 1.52. The molecule has 0 saturated carbocycles. The lowest BCUT2D eigenvalue weighted by molar-refractivity contribution is 0.315. The third-order valence-electron chi connectivity index (χ3n) is 3.80. The van der Waals surface area contributed by atoms with Gasteiger partial charge >= 0.3 is 0 Å². The summed E-state index contributed by atoms with van der Waals surface area (Å²) in [6.45, 7) is 4.72. The number of para-hydroxylation sites is 1. The highest BCUT2D eigenvalue weighted by Crippen LogP contribution is 2.42. The van der Waals surface area contributed by atoms with E-state index in [9.17, 15) is 10.2 Å². The lowest BCUT2D eigenvalue weighted by Crippen LogP contribution is -2.10. The smallest absolute Gasteiger partial charge is 0.168 e. The monoisotopic (exact) mass is 298 g/mol. The van der Waals surface area contributed by atoms with Crippen LogP contribution in [0.15, 0.2) is 36.4 Å². The molecule has 114 valence electrons. The van der Waals surface area contributed by atoms with Crippen LogP contribution in [-0.2, 0) is 0 Å². The van der Waals surface area contributed by atoms with E-state index in [1.54, 1.807) is 30.3 Å². The Labute approximate surface area is 129 Å². The van der Waals surface area contributed by atoms with Crippen molar-refractivity contribution >= 4 is 11.1 Å². The molecule has 0 atom stereocenters. The zero-order chi connectivity index (χ0) is 15.7. The van der Waals surface area contributed by atoms with Gasteiger partial charge in [-0.15, -0.1) is 0 Å². The van der Waals surface area contributed by atoms with Crippen molar-refractivity contribution < 1.29 is 19.7 Å². The van der Waals surface area contributed by atoms with E-state index in [4.69, 9.17) is 9.47 Å². The minimum absolute atomic E-state index is 0.112. The van der Waals surface area contributed by atoms with Gasteiger partial charge in [-0.25, -0.2) is 0 Å². The number of rotatable bonds is 3. The van der Waals surface area contributed by atoms with E-state index in [0.29, 0.717) is 19.0 Å². The largest absolute Gasteiger partial charge is 0.508 e. The standard InChI is InChI=1S/C18H18O4/c1-3-21-18-13(5-4-6-16(18)20)15-10-22-17-8-7-12(19)9-14(17)11(15)2/h4-9,19-20H,3,10H2,1-2H3. The van der Waals surface area contributed by atoms with E-state index in [2.05, 4.69) is 0 Å². The number of hydrogen-bond donors (Lipinski definition) is 2. The van der Waals surface area contributed by atoms with Gasteiger partial charge in [0.15, 0.2) is 11.5 Å². The summed E-state index contributed by atoms with van der Waals surface area (Å²) in [5.41, 5.74) is 3.61. The summed E-state index contributed by atoms with van der Waals surface area (Å²) in [6, 6.07) is 10.3. The number of hydrogen-bond acceptors (Lipinski definition) is 4.